The molecule has 0 heterocycles. The lowest BCUT2D eigenvalue weighted by atomic mass is 10.2. The maximum atomic E-state index is 11.9. The number of anilines is 1. The lowest BCUT2D eigenvalue weighted by molar-refractivity contribution is -0.124. The third kappa shape index (κ3) is 6.11. The monoisotopic (exact) mass is 435 g/mol. The van der Waals surface area contributed by atoms with Crippen LogP contribution in [0.4, 0.5) is 5.69 Å². The van der Waals surface area contributed by atoms with Crippen LogP contribution in [0.5, 0.6) is 0 Å². The Labute approximate surface area is 154 Å². The molecule has 2 aromatic rings. The van der Waals surface area contributed by atoms with Crippen LogP contribution in [0.15, 0.2) is 53.6 Å². The molecule has 0 aliphatic carbocycles. The van der Waals surface area contributed by atoms with Gasteiger partial charge in [0.05, 0.1) is 6.21 Å². The summed E-state index contributed by atoms with van der Waals surface area (Å²) < 4.78 is 1.13. The maximum absolute atomic E-state index is 11.9. The molecule has 5 nitrogen and oxygen atoms in total. The normalized spacial score (nSPS) is 10.6. The number of halogens is 1. The number of hydrogen-bond acceptors (Lipinski definition) is 3. The summed E-state index contributed by atoms with van der Waals surface area (Å²) in [6.07, 6.45) is 1.77. The summed E-state index contributed by atoms with van der Waals surface area (Å²) in [4.78, 5) is 23.6. The molecule has 0 aliphatic rings. The average molecular weight is 435 g/mol. The van der Waals surface area contributed by atoms with E-state index in [0.717, 1.165) is 20.4 Å². The Morgan fingerprint density at radius 2 is 1.71 bits per heavy atom. The van der Waals surface area contributed by atoms with Crippen molar-refractivity contribution >= 4 is 46.3 Å². The Hall–Kier alpha value is -2.22. The van der Waals surface area contributed by atoms with Crippen LogP contribution >= 0.6 is 22.6 Å². The number of benzene rings is 2. The molecule has 0 saturated carbocycles. The maximum Gasteiger partial charge on any atom is 0.240 e. The molecule has 2 aromatic carbocycles. The van der Waals surface area contributed by atoms with Crippen LogP contribution in [0.1, 0.15) is 24.0 Å². The molecule has 0 spiro atoms. The van der Waals surface area contributed by atoms with Crippen molar-refractivity contribution in [1.29, 1.82) is 0 Å². The van der Waals surface area contributed by atoms with Crippen molar-refractivity contribution in [3.63, 3.8) is 0 Å². The Kier molecular flexibility index (Phi) is 6.92. The molecule has 124 valence electrons. The molecule has 0 fully saturated rings. The lowest BCUT2D eigenvalue weighted by Crippen LogP contribution is -2.20. The van der Waals surface area contributed by atoms with Gasteiger partial charge in [-0.2, -0.15) is 5.10 Å². The van der Waals surface area contributed by atoms with Crippen molar-refractivity contribution in [3.8, 4) is 0 Å². The minimum atomic E-state index is -0.295. The van der Waals surface area contributed by atoms with Gasteiger partial charge in [-0.05, 0) is 58.8 Å². The summed E-state index contributed by atoms with van der Waals surface area (Å²) >= 11 is 2.22. The van der Waals surface area contributed by atoms with Gasteiger partial charge in [-0.15, -0.1) is 0 Å². The van der Waals surface area contributed by atoms with Crippen LogP contribution in [0.25, 0.3) is 0 Å². The van der Waals surface area contributed by atoms with Crippen molar-refractivity contribution < 1.29 is 9.59 Å². The average Bonchev–Trinajstić information content (AvgIpc) is 2.57. The highest BCUT2D eigenvalue weighted by Crippen LogP contribution is 2.13. The van der Waals surface area contributed by atoms with E-state index in [9.17, 15) is 9.59 Å². The zero-order chi connectivity index (χ0) is 17.4. The molecular formula is C18H18IN3O2. The van der Waals surface area contributed by atoms with Crippen LogP contribution in [0.2, 0.25) is 0 Å². The molecule has 2 N–H and O–H groups in total. The van der Waals surface area contributed by atoms with E-state index in [1.165, 1.54) is 0 Å². The number of carbonyl (C=O) groups is 2. The minimum absolute atomic E-state index is 0.0851. The fourth-order valence-electron chi connectivity index (χ4n) is 1.94. The second-order valence-electron chi connectivity index (χ2n) is 5.21. The quantitative estimate of drug-likeness (QED) is 0.415. The van der Waals surface area contributed by atoms with Crippen LogP contribution in [0, 0.1) is 10.5 Å². The van der Waals surface area contributed by atoms with E-state index >= 15 is 0 Å². The predicted octanol–water partition coefficient (Wildman–Crippen LogP) is 3.47. The molecule has 0 unspecified atom stereocenters. The lowest BCUT2D eigenvalue weighted by Gasteiger charge is -2.07. The van der Waals surface area contributed by atoms with Crippen LogP contribution in [-0.2, 0) is 9.59 Å². The third-order valence-corrected chi connectivity index (χ3v) is 3.99. The molecule has 0 saturated heterocycles. The molecule has 0 atom stereocenters. The Morgan fingerprint density at radius 1 is 1.04 bits per heavy atom. The summed E-state index contributed by atoms with van der Waals surface area (Å²) in [5.74, 6) is -0.488. The van der Waals surface area contributed by atoms with Crippen molar-refractivity contribution in [1.82, 2.24) is 5.43 Å². The molecule has 0 bridgehead atoms. The second-order valence-corrected chi connectivity index (χ2v) is 6.45. The first-order chi connectivity index (χ1) is 11.5. The van der Waals surface area contributed by atoms with E-state index in [1.807, 2.05) is 55.5 Å². The van der Waals surface area contributed by atoms with Crippen molar-refractivity contribution in [2.75, 3.05) is 5.32 Å². The third-order valence-electron chi connectivity index (χ3n) is 3.27. The Bertz CT molecular complexity index is 742. The van der Waals surface area contributed by atoms with E-state index in [2.05, 4.69) is 38.4 Å². The van der Waals surface area contributed by atoms with Crippen molar-refractivity contribution in [2.24, 2.45) is 5.10 Å². The predicted molar refractivity (Wildman–Crippen MR) is 104 cm³/mol. The molecule has 0 radical (unpaired) electrons. The summed E-state index contributed by atoms with van der Waals surface area (Å²) in [7, 11) is 0. The molecule has 2 rings (SSSR count). The number of nitrogens with one attached hydrogen (secondary N) is 2. The van der Waals surface area contributed by atoms with Gasteiger partial charge in [0.1, 0.15) is 0 Å². The zero-order valence-electron chi connectivity index (χ0n) is 13.3. The summed E-state index contributed by atoms with van der Waals surface area (Å²) in [5, 5.41) is 6.68. The van der Waals surface area contributed by atoms with Crippen LogP contribution < -0.4 is 10.7 Å². The van der Waals surface area contributed by atoms with Gasteiger partial charge in [0.15, 0.2) is 0 Å². The highest BCUT2D eigenvalue weighted by Gasteiger charge is 2.07. The number of nitrogens with zero attached hydrogens (tertiary/aromatic N) is 1. The molecule has 6 heteroatoms. The fourth-order valence-corrected chi connectivity index (χ4v) is 2.30. The van der Waals surface area contributed by atoms with Gasteiger partial charge in [-0.1, -0.05) is 30.3 Å². The van der Waals surface area contributed by atoms with Gasteiger partial charge >= 0.3 is 0 Å². The van der Waals surface area contributed by atoms with Crippen molar-refractivity contribution in [3.05, 3.63) is 63.2 Å². The molecule has 0 aliphatic heterocycles. The highest BCUT2D eigenvalue weighted by atomic mass is 127. The number of hydrazone groups is 1. The number of para-hydroxylation sites is 1. The number of carbonyl (C=O) groups excluding carboxylic acids is 2. The molecule has 24 heavy (non-hydrogen) atoms. The SMILES string of the molecule is Cc1ccccc1NC(=O)CCC(=O)N/N=C\c1ccc(I)cc1. The first kappa shape index (κ1) is 18.1. The van der Waals surface area contributed by atoms with Crippen molar-refractivity contribution in [2.45, 2.75) is 19.8 Å². The van der Waals surface area contributed by atoms with Gasteiger partial charge in [0, 0.05) is 22.1 Å². The van der Waals surface area contributed by atoms with E-state index in [1.54, 1.807) is 6.21 Å². The molecular weight excluding hydrogens is 417 g/mol. The first-order valence-electron chi connectivity index (χ1n) is 7.47. The topological polar surface area (TPSA) is 70.6 Å². The smallest absolute Gasteiger partial charge is 0.240 e. The van der Waals surface area contributed by atoms with E-state index < -0.39 is 0 Å². The molecule has 0 aromatic heterocycles. The summed E-state index contributed by atoms with van der Waals surface area (Å²) in [6, 6.07) is 15.2. The van der Waals surface area contributed by atoms with Gasteiger partial charge in [-0.3, -0.25) is 9.59 Å². The summed E-state index contributed by atoms with van der Waals surface area (Å²) in [6.45, 7) is 1.92. The van der Waals surface area contributed by atoms with E-state index in [-0.39, 0.29) is 24.7 Å². The fraction of sp³-hybridized carbons (Fsp3) is 0.167. The van der Waals surface area contributed by atoms with Crippen LogP contribution in [0.3, 0.4) is 0 Å². The number of rotatable bonds is 6. The number of hydrogen-bond donors (Lipinski definition) is 2. The number of amides is 2. The number of aryl methyl sites for hydroxylation is 1. The van der Waals surface area contributed by atoms with Gasteiger partial charge in [-0.25, -0.2) is 5.43 Å². The standard InChI is InChI=1S/C18H18IN3O2/c1-13-4-2-3-5-16(13)21-17(23)10-11-18(24)22-20-12-14-6-8-15(19)9-7-14/h2-9,12H,10-11H2,1H3,(H,21,23)(H,22,24)/b20-12-. The Balaban J connectivity index is 1.73. The molecule has 2 amide bonds. The Morgan fingerprint density at radius 3 is 2.42 bits per heavy atom. The second kappa shape index (κ2) is 9.17. The van der Waals surface area contributed by atoms with E-state index in [0.29, 0.717) is 0 Å². The van der Waals surface area contributed by atoms with Gasteiger partial charge < -0.3 is 5.32 Å². The summed E-state index contributed by atoms with van der Waals surface area (Å²) in [5.41, 5.74) is 5.07. The van der Waals surface area contributed by atoms with Crippen LogP contribution in [-0.4, -0.2) is 18.0 Å². The van der Waals surface area contributed by atoms with Gasteiger partial charge in [0.25, 0.3) is 0 Å². The first-order valence-corrected chi connectivity index (χ1v) is 8.55. The highest BCUT2D eigenvalue weighted by molar-refractivity contribution is 14.1. The largest absolute Gasteiger partial charge is 0.326 e. The minimum Gasteiger partial charge on any atom is -0.326 e. The van der Waals surface area contributed by atoms with E-state index in [4.69, 9.17) is 0 Å². The zero-order valence-corrected chi connectivity index (χ0v) is 15.4. The van der Waals surface area contributed by atoms with Gasteiger partial charge in [0.2, 0.25) is 11.8 Å².